The molecule has 0 unspecified atom stereocenters. The molecule has 0 bridgehead atoms. The molecule has 5 heteroatoms. The Morgan fingerprint density at radius 3 is 2.37 bits per heavy atom. The van der Waals surface area contributed by atoms with E-state index in [-0.39, 0.29) is 0 Å². The van der Waals surface area contributed by atoms with E-state index in [1.165, 1.54) is 22.6 Å². The Morgan fingerprint density at radius 2 is 1.79 bits per heavy atom. The smallest absolute Gasteiger partial charge is 0.161 e. The van der Waals surface area contributed by atoms with Crippen molar-refractivity contribution in [1.82, 2.24) is 5.32 Å². The van der Waals surface area contributed by atoms with Crippen molar-refractivity contribution in [3.8, 4) is 11.5 Å². The maximum atomic E-state index is 5.36. The van der Waals surface area contributed by atoms with Gasteiger partial charge in [-0.3, -0.25) is 0 Å². The lowest BCUT2D eigenvalue weighted by Crippen LogP contribution is -2.16. The third kappa shape index (κ3) is 5.16. The molecule has 0 spiro atoms. The lowest BCUT2D eigenvalue weighted by molar-refractivity contribution is 0.353. The first kappa shape index (κ1) is 16.5. The highest BCUT2D eigenvalue weighted by molar-refractivity contribution is 7.98. The average molecular weight is 301 g/mol. The molecule has 0 radical (unpaired) electrons. The quantitative estimate of drug-likeness (QED) is 0.559. The van der Waals surface area contributed by atoms with Gasteiger partial charge in [0.1, 0.15) is 0 Å². The SMILES string of the molecule is COc1cc(CNCCCSC)c(SC)cc1OC. The Kier molecular flexibility index (Phi) is 8.18. The Labute approximate surface area is 124 Å². The van der Waals surface area contributed by atoms with E-state index in [9.17, 15) is 0 Å². The summed E-state index contributed by atoms with van der Waals surface area (Å²) in [6.45, 7) is 1.91. The largest absolute Gasteiger partial charge is 0.493 e. The van der Waals surface area contributed by atoms with Crippen molar-refractivity contribution in [3.05, 3.63) is 17.7 Å². The minimum Gasteiger partial charge on any atom is -0.493 e. The summed E-state index contributed by atoms with van der Waals surface area (Å²) in [5.41, 5.74) is 1.26. The van der Waals surface area contributed by atoms with E-state index in [1.54, 1.807) is 26.0 Å². The molecule has 0 aliphatic heterocycles. The summed E-state index contributed by atoms with van der Waals surface area (Å²) in [4.78, 5) is 1.23. The second-order valence-electron chi connectivity index (χ2n) is 4.04. The molecule has 0 aromatic heterocycles. The number of nitrogens with one attached hydrogen (secondary N) is 1. The zero-order chi connectivity index (χ0) is 14.1. The zero-order valence-corrected chi connectivity index (χ0v) is 13.7. The minimum absolute atomic E-state index is 0.790. The molecule has 0 aliphatic carbocycles. The van der Waals surface area contributed by atoms with E-state index in [2.05, 4.69) is 23.9 Å². The summed E-state index contributed by atoms with van der Waals surface area (Å²) in [5, 5.41) is 3.48. The van der Waals surface area contributed by atoms with Crippen LogP contribution in [-0.4, -0.2) is 39.0 Å². The number of benzene rings is 1. The third-order valence-electron chi connectivity index (χ3n) is 2.80. The summed E-state index contributed by atoms with van der Waals surface area (Å²) < 4.78 is 10.7. The normalized spacial score (nSPS) is 10.5. The van der Waals surface area contributed by atoms with Crippen LogP contribution in [0.3, 0.4) is 0 Å². The van der Waals surface area contributed by atoms with Crippen molar-refractivity contribution in [1.29, 1.82) is 0 Å². The van der Waals surface area contributed by atoms with Gasteiger partial charge in [0, 0.05) is 11.4 Å². The molecule has 3 nitrogen and oxygen atoms in total. The molecule has 1 rings (SSSR count). The Morgan fingerprint density at radius 1 is 1.11 bits per heavy atom. The van der Waals surface area contributed by atoms with Crippen LogP contribution in [0.4, 0.5) is 0 Å². The average Bonchev–Trinajstić information content (AvgIpc) is 2.46. The molecule has 0 saturated heterocycles. The summed E-state index contributed by atoms with van der Waals surface area (Å²) >= 11 is 3.62. The molecule has 0 fully saturated rings. The van der Waals surface area contributed by atoms with E-state index >= 15 is 0 Å². The van der Waals surface area contributed by atoms with E-state index < -0.39 is 0 Å². The van der Waals surface area contributed by atoms with Gasteiger partial charge in [-0.05, 0) is 48.9 Å². The van der Waals surface area contributed by atoms with E-state index in [4.69, 9.17) is 9.47 Å². The lowest BCUT2D eigenvalue weighted by atomic mass is 10.2. The Hall–Kier alpha value is -0.520. The third-order valence-corrected chi connectivity index (χ3v) is 4.32. The predicted molar refractivity (Wildman–Crippen MR) is 86.0 cm³/mol. The van der Waals surface area contributed by atoms with Gasteiger partial charge in [0.05, 0.1) is 14.2 Å². The zero-order valence-electron chi connectivity index (χ0n) is 12.1. The maximum Gasteiger partial charge on any atom is 0.161 e. The summed E-state index contributed by atoms with van der Waals surface area (Å²) in [6.07, 6.45) is 5.42. The van der Waals surface area contributed by atoms with Gasteiger partial charge in [-0.2, -0.15) is 11.8 Å². The first-order valence-corrected chi connectivity index (χ1v) is 8.87. The fourth-order valence-electron chi connectivity index (χ4n) is 1.80. The van der Waals surface area contributed by atoms with Crippen molar-refractivity contribution in [2.75, 3.05) is 39.0 Å². The van der Waals surface area contributed by atoms with Crippen LogP contribution in [0.15, 0.2) is 17.0 Å². The topological polar surface area (TPSA) is 30.5 Å². The van der Waals surface area contributed by atoms with E-state index in [0.29, 0.717) is 0 Å². The van der Waals surface area contributed by atoms with Crippen molar-refractivity contribution < 1.29 is 9.47 Å². The molecule has 0 atom stereocenters. The van der Waals surface area contributed by atoms with Crippen molar-refractivity contribution >= 4 is 23.5 Å². The summed E-state index contributed by atoms with van der Waals surface area (Å²) in [5.74, 6) is 2.79. The van der Waals surface area contributed by atoms with Crippen LogP contribution in [0, 0.1) is 0 Å². The monoisotopic (exact) mass is 301 g/mol. The number of thioether (sulfide) groups is 2. The Balaban J connectivity index is 2.70. The van der Waals surface area contributed by atoms with Gasteiger partial charge in [-0.25, -0.2) is 0 Å². The van der Waals surface area contributed by atoms with E-state index in [1.807, 2.05) is 17.8 Å². The molecule has 108 valence electrons. The highest BCUT2D eigenvalue weighted by Crippen LogP contribution is 2.34. The number of hydrogen-bond acceptors (Lipinski definition) is 5. The highest BCUT2D eigenvalue weighted by Gasteiger charge is 2.10. The molecule has 1 N–H and O–H groups in total. The van der Waals surface area contributed by atoms with Crippen molar-refractivity contribution in [3.63, 3.8) is 0 Å². The van der Waals surface area contributed by atoms with Crippen LogP contribution in [0.5, 0.6) is 11.5 Å². The second-order valence-corrected chi connectivity index (χ2v) is 5.88. The van der Waals surface area contributed by atoms with Crippen LogP contribution < -0.4 is 14.8 Å². The fraction of sp³-hybridized carbons (Fsp3) is 0.571. The fourth-order valence-corrected chi connectivity index (χ4v) is 2.85. The molecule has 0 aliphatic rings. The lowest BCUT2D eigenvalue weighted by Gasteiger charge is -2.14. The number of hydrogen-bond donors (Lipinski definition) is 1. The standard InChI is InChI=1S/C14H23NO2S2/c1-16-12-8-11(10-15-6-5-7-18-3)14(19-4)9-13(12)17-2/h8-9,15H,5-7,10H2,1-4H3. The number of ether oxygens (including phenoxy) is 2. The first-order chi connectivity index (χ1) is 9.26. The van der Waals surface area contributed by atoms with Crippen LogP contribution in [0.25, 0.3) is 0 Å². The molecule has 0 heterocycles. The van der Waals surface area contributed by atoms with Gasteiger partial charge in [0.2, 0.25) is 0 Å². The highest BCUT2D eigenvalue weighted by atomic mass is 32.2. The molecule has 19 heavy (non-hydrogen) atoms. The van der Waals surface area contributed by atoms with Gasteiger partial charge >= 0.3 is 0 Å². The van der Waals surface area contributed by atoms with Crippen LogP contribution in [0.1, 0.15) is 12.0 Å². The molecular weight excluding hydrogens is 278 g/mol. The summed E-state index contributed by atoms with van der Waals surface area (Å²) in [6, 6.07) is 4.11. The van der Waals surface area contributed by atoms with Crippen LogP contribution >= 0.6 is 23.5 Å². The molecular formula is C14H23NO2S2. The van der Waals surface area contributed by atoms with Gasteiger partial charge in [0.15, 0.2) is 11.5 Å². The predicted octanol–water partition coefficient (Wildman–Crippen LogP) is 3.27. The van der Waals surface area contributed by atoms with Crippen LogP contribution in [-0.2, 0) is 6.54 Å². The molecule has 1 aromatic rings. The maximum absolute atomic E-state index is 5.36. The molecule has 0 saturated carbocycles. The first-order valence-electron chi connectivity index (χ1n) is 6.25. The van der Waals surface area contributed by atoms with Gasteiger partial charge in [0.25, 0.3) is 0 Å². The van der Waals surface area contributed by atoms with Gasteiger partial charge in [-0.1, -0.05) is 0 Å². The van der Waals surface area contributed by atoms with Gasteiger partial charge < -0.3 is 14.8 Å². The van der Waals surface area contributed by atoms with Crippen molar-refractivity contribution in [2.45, 2.75) is 17.9 Å². The van der Waals surface area contributed by atoms with Gasteiger partial charge in [-0.15, -0.1) is 11.8 Å². The van der Waals surface area contributed by atoms with E-state index in [0.717, 1.165) is 24.6 Å². The minimum atomic E-state index is 0.790. The molecule has 0 amide bonds. The summed E-state index contributed by atoms with van der Waals surface area (Å²) in [7, 11) is 3.34. The Bertz CT molecular complexity index is 386. The van der Waals surface area contributed by atoms with Crippen LogP contribution in [0.2, 0.25) is 0 Å². The number of methoxy groups -OCH3 is 2. The van der Waals surface area contributed by atoms with Crippen molar-refractivity contribution in [2.24, 2.45) is 0 Å². The second kappa shape index (κ2) is 9.39. The molecule has 1 aromatic carbocycles. The number of rotatable bonds is 9.